The smallest absolute Gasteiger partial charge is 0.171 e. The average molecular weight is 283 g/mol. The van der Waals surface area contributed by atoms with Gasteiger partial charge in [-0.25, -0.2) is 0 Å². The van der Waals surface area contributed by atoms with E-state index < -0.39 is 0 Å². The standard InChI is InChI=1S/C16H17N3S/c20-16(19-15-8-10-1-2-11(15)7-10)18-13-3-4-14-12(9-13)5-6-17-14/h1-6,9-11,15,17H,7-8H2,(H2,18,19,20)/t10-,11-,15-/m1/s1. The van der Waals surface area contributed by atoms with Gasteiger partial charge in [0.1, 0.15) is 0 Å². The Balaban J connectivity index is 1.43. The molecular formula is C16H17N3S. The molecule has 1 aromatic heterocycles. The molecule has 0 amide bonds. The summed E-state index contributed by atoms with van der Waals surface area (Å²) >= 11 is 5.44. The van der Waals surface area contributed by atoms with E-state index >= 15 is 0 Å². The van der Waals surface area contributed by atoms with Crippen molar-refractivity contribution in [2.24, 2.45) is 11.8 Å². The van der Waals surface area contributed by atoms with E-state index in [9.17, 15) is 0 Å². The molecule has 4 rings (SSSR count). The molecule has 3 nitrogen and oxygen atoms in total. The summed E-state index contributed by atoms with van der Waals surface area (Å²) in [4.78, 5) is 3.19. The summed E-state index contributed by atoms with van der Waals surface area (Å²) in [6, 6.07) is 8.80. The van der Waals surface area contributed by atoms with E-state index in [2.05, 4.69) is 46.0 Å². The fourth-order valence-corrected chi connectivity index (χ4v) is 3.68. The molecule has 3 atom stereocenters. The molecule has 2 aromatic rings. The maximum Gasteiger partial charge on any atom is 0.171 e. The minimum Gasteiger partial charge on any atom is -0.361 e. The quantitative estimate of drug-likeness (QED) is 0.584. The monoisotopic (exact) mass is 283 g/mol. The summed E-state index contributed by atoms with van der Waals surface area (Å²) in [6.07, 6.45) is 9.13. The van der Waals surface area contributed by atoms with E-state index in [-0.39, 0.29) is 0 Å². The first kappa shape index (κ1) is 12.0. The third kappa shape index (κ3) is 2.10. The molecule has 2 aliphatic carbocycles. The SMILES string of the molecule is S=C(Nc1ccc2[nH]ccc2c1)N[C@@H]1C[C@@H]2C=C[C@@H]1C2. The van der Waals surface area contributed by atoms with Crippen LogP contribution >= 0.6 is 12.2 Å². The molecule has 2 bridgehead atoms. The van der Waals surface area contributed by atoms with Gasteiger partial charge >= 0.3 is 0 Å². The zero-order chi connectivity index (χ0) is 13.5. The second kappa shape index (κ2) is 4.63. The van der Waals surface area contributed by atoms with Crippen LogP contribution in [0.15, 0.2) is 42.6 Å². The Bertz CT molecular complexity index is 688. The first-order valence-corrected chi connectivity index (χ1v) is 7.52. The molecule has 0 spiro atoms. The van der Waals surface area contributed by atoms with Gasteiger partial charge in [-0.3, -0.25) is 0 Å². The van der Waals surface area contributed by atoms with Gasteiger partial charge in [0.2, 0.25) is 0 Å². The van der Waals surface area contributed by atoms with Gasteiger partial charge in [-0.1, -0.05) is 12.2 Å². The van der Waals surface area contributed by atoms with E-state index in [0.717, 1.165) is 22.2 Å². The van der Waals surface area contributed by atoms with Gasteiger partial charge < -0.3 is 15.6 Å². The highest BCUT2D eigenvalue weighted by Gasteiger charge is 2.35. The van der Waals surface area contributed by atoms with E-state index in [1.54, 1.807) is 0 Å². The molecule has 0 radical (unpaired) electrons. The molecule has 3 N–H and O–H groups in total. The topological polar surface area (TPSA) is 39.9 Å². The van der Waals surface area contributed by atoms with Crippen molar-refractivity contribution >= 4 is 33.9 Å². The van der Waals surface area contributed by atoms with Crippen molar-refractivity contribution in [2.45, 2.75) is 18.9 Å². The molecule has 1 fully saturated rings. The normalized spacial score (nSPS) is 27.1. The number of allylic oxidation sites excluding steroid dienone is 1. The van der Waals surface area contributed by atoms with Crippen molar-refractivity contribution < 1.29 is 0 Å². The third-order valence-electron chi connectivity index (χ3n) is 4.41. The lowest BCUT2D eigenvalue weighted by molar-refractivity contribution is 0.526. The second-order valence-corrected chi connectivity index (χ2v) is 6.17. The largest absolute Gasteiger partial charge is 0.361 e. The number of rotatable bonds is 2. The molecule has 0 saturated heterocycles. The van der Waals surface area contributed by atoms with Crippen LogP contribution in [0, 0.1) is 11.8 Å². The molecule has 1 saturated carbocycles. The summed E-state index contributed by atoms with van der Waals surface area (Å²) < 4.78 is 0. The Morgan fingerprint density at radius 2 is 2.15 bits per heavy atom. The fraction of sp³-hybridized carbons (Fsp3) is 0.312. The van der Waals surface area contributed by atoms with Gasteiger partial charge in [-0.15, -0.1) is 0 Å². The number of benzene rings is 1. The lowest BCUT2D eigenvalue weighted by Gasteiger charge is -2.22. The van der Waals surface area contributed by atoms with Gasteiger partial charge in [-0.2, -0.15) is 0 Å². The Morgan fingerprint density at radius 3 is 2.95 bits per heavy atom. The number of hydrogen-bond acceptors (Lipinski definition) is 1. The lowest BCUT2D eigenvalue weighted by atomic mass is 10.0. The first-order chi connectivity index (χ1) is 9.78. The number of aromatic amines is 1. The molecule has 0 unspecified atom stereocenters. The first-order valence-electron chi connectivity index (χ1n) is 7.11. The minimum atomic E-state index is 0.501. The van der Waals surface area contributed by atoms with Crippen molar-refractivity contribution in [2.75, 3.05) is 5.32 Å². The molecule has 1 heterocycles. The van der Waals surface area contributed by atoms with Crippen LogP contribution in [-0.2, 0) is 0 Å². The van der Waals surface area contributed by atoms with Gasteiger partial charge in [0, 0.05) is 28.8 Å². The maximum atomic E-state index is 5.44. The van der Waals surface area contributed by atoms with Crippen molar-refractivity contribution in [3.05, 3.63) is 42.6 Å². The highest BCUT2D eigenvalue weighted by Crippen LogP contribution is 2.38. The molecule has 20 heavy (non-hydrogen) atoms. The van der Waals surface area contributed by atoms with E-state index in [4.69, 9.17) is 12.2 Å². The van der Waals surface area contributed by atoms with Crippen molar-refractivity contribution in [3.63, 3.8) is 0 Å². The number of hydrogen-bond donors (Lipinski definition) is 3. The number of anilines is 1. The number of nitrogens with one attached hydrogen (secondary N) is 3. The van der Waals surface area contributed by atoms with E-state index in [1.807, 2.05) is 12.3 Å². The van der Waals surface area contributed by atoms with Crippen molar-refractivity contribution in [1.82, 2.24) is 10.3 Å². The molecule has 2 aliphatic rings. The van der Waals surface area contributed by atoms with Crippen LogP contribution in [0.1, 0.15) is 12.8 Å². The van der Waals surface area contributed by atoms with Gasteiger partial charge in [0.25, 0.3) is 0 Å². The average Bonchev–Trinajstić information content (AvgIpc) is 3.13. The Hall–Kier alpha value is -1.81. The van der Waals surface area contributed by atoms with Crippen LogP contribution in [0.2, 0.25) is 0 Å². The molecule has 1 aromatic carbocycles. The summed E-state index contributed by atoms with van der Waals surface area (Å²) in [5.74, 6) is 1.42. The van der Waals surface area contributed by atoms with Crippen molar-refractivity contribution in [3.8, 4) is 0 Å². The van der Waals surface area contributed by atoms with Crippen LogP contribution < -0.4 is 10.6 Å². The summed E-state index contributed by atoms with van der Waals surface area (Å²) in [6.45, 7) is 0. The Morgan fingerprint density at radius 1 is 1.20 bits per heavy atom. The lowest BCUT2D eigenvalue weighted by Crippen LogP contribution is -2.40. The predicted molar refractivity (Wildman–Crippen MR) is 86.8 cm³/mol. The van der Waals surface area contributed by atoms with E-state index in [0.29, 0.717) is 12.0 Å². The number of H-pyrrole nitrogens is 1. The summed E-state index contributed by atoms with van der Waals surface area (Å²) in [5.41, 5.74) is 2.18. The van der Waals surface area contributed by atoms with Crippen LogP contribution in [0.3, 0.4) is 0 Å². The number of fused-ring (bicyclic) bond motifs is 3. The zero-order valence-electron chi connectivity index (χ0n) is 11.1. The van der Waals surface area contributed by atoms with E-state index in [1.165, 1.54) is 18.2 Å². The maximum absolute atomic E-state index is 5.44. The highest BCUT2D eigenvalue weighted by atomic mass is 32.1. The molecular weight excluding hydrogens is 266 g/mol. The van der Waals surface area contributed by atoms with Gasteiger partial charge in [-0.05, 0) is 61.2 Å². The van der Waals surface area contributed by atoms with Crippen LogP contribution in [0.4, 0.5) is 5.69 Å². The number of thiocarbonyl (C=S) groups is 1. The Kier molecular flexibility index (Phi) is 2.77. The molecule has 102 valence electrons. The minimum absolute atomic E-state index is 0.501. The van der Waals surface area contributed by atoms with Crippen molar-refractivity contribution in [1.29, 1.82) is 0 Å². The zero-order valence-corrected chi connectivity index (χ0v) is 11.9. The number of aromatic nitrogens is 1. The summed E-state index contributed by atoms with van der Waals surface area (Å²) in [5, 5.41) is 8.68. The summed E-state index contributed by atoms with van der Waals surface area (Å²) in [7, 11) is 0. The van der Waals surface area contributed by atoms with Crippen LogP contribution in [0.25, 0.3) is 10.9 Å². The molecule has 0 aliphatic heterocycles. The molecule has 4 heteroatoms. The van der Waals surface area contributed by atoms with Crippen LogP contribution in [-0.4, -0.2) is 16.1 Å². The fourth-order valence-electron chi connectivity index (χ4n) is 3.41. The second-order valence-electron chi connectivity index (χ2n) is 5.76. The Labute approximate surface area is 123 Å². The van der Waals surface area contributed by atoms with Gasteiger partial charge in [0.05, 0.1) is 0 Å². The van der Waals surface area contributed by atoms with Gasteiger partial charge in [0.15, 0.2) is 5.11 Å². The predicted octanol–water partition coefficient (Wildman–Crippen LogP) is 3.42. The highest BCUT2D eigenvalue weighted by molar-refractivity contribution is 7.80. The van der Waals surface area contributed by atoms with Crippen LogP contribution in [0.5, 0.6) is 0 Å². The third-order valence-corrected chi connectivity index (χ3v) is 4.63.